The van der Waals surface area contributed by atoms with E-state index in [0.29, 0.717) is 11.1 Å². The second-order valence-corrected chi connectivity index (χ2v) is 3.58. The molecule has 1 aromatic heterocycles. The van der Waals surface area contributed by atoms with Gasteiger partial charge in [-0.05, 0) is 17.7 Å². The van der Waals surface area contributed by atoms with E-state index >= 15 is 0 Å². The average molecular weight is 247 g/mol. The normalized spacial score (nSPS) is 10.1. The van der Waals surface area contributed by atoms with Crippen molar-refractivity contribution in [3.05, 3.63) is 47.9 Å². The van der Waals surface area contributed by atoms with E-state index in [0.717, 1.165) is 0 Å². The summed E-state index contributed by atoms with van der Waals surface area (Å²) in [5, 5.41) is 9.14. The van der Waals surface area contributed by atoms with E-state index in [1.165, 1.54) is 43.6 Å². The third-order valence-corrected chi connectivity index (χ3v) is 2.47. The Balaban J connectivity index is 2.56. The molecule has 4 nitrogen and oxygen atoms in total. The number of carboxylic acid groups (broad SMARTS) is 1. The minimum absolute atomic E-state index is 0.0634. The molecule has 0 aliphatic rings. The monoisotopic (exact) mass is 247 g/mol. The number of hydrogen-bond acceptors (Lipinski definition) is 3. The molecule has 0 amide bonds. The van der Waals surface area contributed by atoms with Gasteiger partial charge in [0.1, 0.15) is 5.82 Å². The molecule has 1 aromatic carbocycles. The fraction of sp³-hybridized carbons (Fsp3) is 0.0769. The summed E-state index contributed by atoms with van der Waals surface area (Å²) in [7, 11) is 1.41. The lowest BCUT2D eigenvalue weighted by atomic mass is 10.0. The van der Waals surface area contributed by atoms with Gasteiger partial charge in [-0.2, -0.15) is 0 Å². The second kappa shape index (κ2) is 4.83. The molecule has 1 heterocycles. The summed E-state index contributed by atoms with van der Waals surface area (Å²) in [6, 6.07) is 6.88. The Morgan fingerprint density at radius 2 is 2.00 bits per heavy atom. The van der Waals surface area contributed by atoms with Crippen molar-refractivity contribution in [1.29, 1.82) is 0 Å². The van der Waals surface area contributed by atoms with Gasteiger partial charge in [-0.15, -0.1) is 0 Å². The summed E-state index contributed by atoms with van der Waals surface area (Å²) >= 11 is 0. The van der Waals surface area contributed by atoms with Crippen molar-refractivity contribution in [3.8, 4) is 17.0 Å². The van der Waals surface area contributed by atoms with Gasteiger partial charge in [0.2, 0.25) is 5.88 Å². The number of aromatic nitrogens is 1. The topological polar surface area (TPSA) is 59.4 Å². The lowest BCUT2D eigenvalue weighted by Gasteiger charge is -2.07. The van der Waals surface area contributed by atoms with Crippen molar-refractivity contribution in [2.24, 2.45) is 0 Å². The average Bonchev–Trinajstić information content (AvgIpc) is 2.39. The highest BCUT2D eigenvalue weighted by molar-refractivity contribution is 5.96. The third-order valence-electron chi connectivity index (χ3n) is 2.47. The smallest absolute Gasteiger partial charge is 0.336 e. The van der Waals surface area contributed by atoms with Crippen molar-refractivity contribution in [2.75, 3.05) is 7.11 Å². The summed E-state index contributed by atoms with van der Waals surface area (Å²) in [5.41, 5.74) is 1.07. The lowest BCUT2D eigenvalue weighted by Crippen LogP contribution is -2.02. The van der Waals surface area contributed by atoms with E-state index < -0.39 is 5.97 Å². The zero-order chi connectivity index (χ0) is 13.1. The first-order valence-corrected chi connectivity index (χ1v) is 5.15. The van der Waals surface area contributed by atoms with Gasteiger partial charge in [-0.3, -0.25) is 0 Å². The highest BCUT2D eigenvalue weighted by Crippen LogP contribution is 2.25. The van der Waals surface area contributed by atoms with Crippen LogP contribution in [0.15, 0.2) is 36.5 Å². The number of rotatable bonds is 3. The Bertz CT molecular complexity index is 581. The van der Waals surface area contributed by atoms with E-state index in [-0.39, 0.29) is 17.3 Å². The Morgan fingerprint density at radius 1 is 1.33 bits per heavy atom. The molecule has 0 saturated heterocycles. The van der Waals surface area contributed by atoms with E-state index in [2.05, 4.69) is 4.98 Å². The number of nitrogens with zero attached hydrogens (tertiary/aromatic N) is 1. The molecule has 0 unspecified atom stereocenters. The van der Waals surface area contributed by atoms with E-state index in [4.69, 9.17) is 9.84 Å². The van der Waals surface area contributed by atoms with Crippen LogP contribution >= 0.6 is 0 Å². The summed E-state index contributed by atoms with van der Waals surface area (Å²) < 4.78 is 17.7. The summed E-state index contributed by atoms with van der Waals surface area (Å²) in [6.45, 7) is 0. The van der Waals surface area contributed by atoms with Gasteiger partial charge >= 0.3 is 5.97 Å². The van der Waals surface area contributed by atoms with Crippen LogP contribution in [0.4, 0.5) is 4.39 Å². The van der Waals surface area contributed by atoms with Crippen LogP contribution in [-0.4, -0.2) is 23.2 Å². The van der Waals surface area contributed by atoms with Gasteiger partial charge in [0.15, 0.2) is 0 Å². The number of carbonyl (C=O) groups is 1. The molecule has 18 heavy (non-hydrogen) atoms. The molecule has 0 fully saturated rings. The van der Waals surface area contributed by atoms with Crippen LogP contribution in [0.3, 0.4) is 0 Å². The van der Waals surface area contributed by atoms with Crippen LogP contribution in [0.1, 0.15) is 10.4 Å². The molecule has 0 radical (unpaired) electrons. The Kier molecular flexibility index (Phi) is 3.23. The number of hydrogen-bond donors (Lipinski definition) is 1. The van der Waals surface area contributed by atoms with Gasteiger partial charge in [-0.1, -0.05) is 12.1 Å². The predicted octanol–water partition coefficient (Wildman–Crippen LogP) is 2.59. The fourth-order valence-corrected chi connectivity index (χ4v) is 1.58. The molecule has 1 N–H and O–H groups in total. The first kappa shape index (κ1) is 12.0. The summed E-state index contributed by atoms with van der Waals surface area (Å²) in [4.78, 5) is 15.1. The Labute approximate surface area is 103 Å². The molecular formula is C13H10FNO3. The molecule has 0 spiro atoms. The van der Waals surface area contributed by atoms with Crippen molar-refractivity contribution < 1.29 is 19.0 Å². The van der Waals surface area contributed by atoms with Gasteiger partial charge in [-0.25, -0.2) is 14.2 Å². The molecule has 0 bridgehead atoms. The van der Waals surface area contributed by atoms with Gasteiger partial charge in [0, 0.05) is 17.8 Å². The second-order valence-electron chi connectivity index (χ2n) is 3.58. The molecule has 0 atom stereocenters. The van der Waals surface area contributed by atoms with E-state index in [9.17, 15) is 9.18 Å². The van der Waals surface area contributed by atoms with Crippen molar-refractivity contribution in [2.45, 2.75) is 0 Å². The number of pyridine rings is 1. The molecule has 5 heteroatoms. The maximum Gasteiger partial charge on any atom is 0.336 e. The Hall–Kier alpha value is -2.43. The summed E-state index contributed by atoms with van der Waals surface area (Å²) in [5.74, 6) is -1.25. The molecule has 0 aliphatic heterocycles. The maximum atomic E-state index is 12.8. The number of methoxy groups -OCH3 is 1. The first-order chi connectivity index (χ1) is 8.61. The minimum Gasteiger partial charge on any atom is -0.481 e. The van der Waals surface area contributed by atoms with Gasteiger partial charge < -0.3 is 9.84 Å². The number of halogens is 1. The number of ether oxygens (including phenoxy) is 1. The highest BCUT2D eigenvalue weighted by atomic mass is 19.1. The third kappa shape index (κ3) is 2.29. The molecule has 2 rings (SSSR count). The SMILES string of the molecule is COc1cc(C(=O)O)c(-c2ccc(F)cc2)cn1. The first-order valence-electron chi connectivity index (χ1n) is 5.15. The standard InChI is InChI=1S/C13H10FNO3/c1-18-12-6-10(13(16)17)11(7-15-12)8-2-4-9(14)5-3-8/h2-7H,1H3,(H,16,17). The van der Waals surface area contributed by atoms with Crippen LogP contribution in [0.2, 0.25) is 0 Å². The number of benzene rings is 1. The van der Waals surface area contributed by atoms with E-state index in [1.54, 1.807) is 0 Å². The van der Waals surface area contributed by atoms with Crippen molar-refractivity contribution in [1.82, 2.24) is 4.98 Å². The van der Waals surface area contributed by atoms with Crippen LogP contribution in [0, 0.1) is 5.82 Å². The van der Waals surface area contributed by atoms with E-state index in [1.807, 2.05) is 0 Å². The quantitative estimate of drug-likeness (QED) is 0.905. The maximum absolute atomic E-state index is 12.8. The van der Waals surface area contributed by atoms with Crippen molar-refractivity contribution >= 4 is 5.97 Å². The highest BCUT2D eigenvalue weighted by Gasteiger charge is 2.14. The minimum atomic E-state index is -1.09. The molecular weight excluding hydrogens is 237 g/mol. The van der Waals surface area contributed by atoms with Gasteiger partial charge in [0.05, 0.1) is 12.7 Å². The van der Waals surface area contributed by atoms with Crippen LogP contribution in [0.25, 0.3) is 11.1 Å². The molecule has 92 valence electrons. The van der Waals surface area contributed by atoms with Crippen LogP contribution in [-0.2, 0) is 0 Å². The Morgan fingerprint density at radius 3 is 2.56 bits per heavy atom. The fourth-order valence-electron chi connectivity index (χ4n) is 1.58. The molecule has 0 saturated carbocycles. The largest absolute Gasteiger partial charge is 0.481 e. The van der Waals surface area contributed by atoms with Crippen LogP contribution in [0.5, 0.6) is 5.88 Å². The van der Waals surface area contributed by atoms with Crippen molar-refractivity contribution in [3.63, 3.8) is 0 Å². The zero-order valence-electron chi connectivity index (χ0n) is 9.55. The lowest BCUT2D eigenvalue weighted by molar-refractivity contribution is 0.0697. The number of carboxylic acids is 1. The number of aromatic carboxylic acids is 1. The predicted molar refractivity (Wildman–Crippen MR) is 63.1 cm³/mol. The summed E-state index contributed by atoms with van der Waals surface area (Å²) in [6.07, 6.45) is 1.40. The molecule has 2 aromatic rings. The van der Waals surface area contributed by atoms with Crippen LogP contribution < -0.4 is 4.74 Å². The zero-order valence-corrected chi connectivity index (χ0v) is 9.55. The van der Waals surface area contributed by atoms with Gasteiger partial charge in [0.25, 0.3) is 0 Å². The molecule has 0 aliphatic carbocycles.